The lowest BCUT2D eigenvalue weighted by atomic mass is 9.88. The zero-order valence-electron chi connectivity index (χ0n) is 8.57. The third-order valence-corrected chi connectivity index (χ3v) is 4.15. The van der Waals surface area contributed by atoms with E-state index >= 15 is 0 Å². The summed E-state index contributed by atoms with van der Waals surface area (Å²) < 4.78 is 24.9. The molecule has 0 heterocycles. The molecular formula is C9H19NO3S. The molecule has 4 nitrogen and oxygen atoms in total. The second-order valence-electron chi connectivity index (χ2n) is 3.93. The molecule has 1 saturated carbocycles. The van der Waals surface area contributed by atoms with E-state index in [-0.39, 0.29) is 11.9 Å². The summed E-state index contributed by atoms with van der Waals surface area (Å²) in [5.74, 6) is 0.544. The van der Waals surface area contributed by atoms with Crippen LogP contribution in [0.25, 0.3) is 0 Å². The number of nitrogens with one attached hydrogen (secondary N) is 1. The smallest absolute Gasteiger partial charge is 0.211 e. The lowest BCUT2D eigenvalue weighted by Gasteiger charge is -2.25. The first-order valence-electron chi connectivity index (χ1n) is 5.19. The molecule has 5 heteroatoms. The van der Waals surface area contributed by atoms with Crippen LogP contribution in [0, 0.1) is 5.92 Å². The molecule has 0 aromatic heterocycles. The normalized spacial score (nSPS) is 29.0. The molecule has 0 unspecified atom stereocenters. The lowest BCUT2D eigenvalue weighted by molar-refractivity contribution is 0.110. The molecule has 1 aliphatic rings. The van der Waals surface area contributed by atoms with Gasteiger partial charge in [0.1, 0.15) is 0 Å². The van der Waals surface area contributed by atoms with Crippen molar-refractivity contribution in [3.8, 4) is 0 Å². The monoisotopic (exact) mass is 221 g/mol. The molecule has 0 bridgehead atoms. The van der Waals surface area contributed by atoms with Crippen LogP contribution in [-0.4, -0.2) is 31.9 Å². The van der Waals surface area contributed by atoms with Crippen LogP contribution in [0.3, 0.4) is 0 Å². The van der Waals surface area contributed by atoms with E-state index < -0.39 is 10.0 Å². The Labute approximate surface area is 85.8 Å². The maximum Gasteiger partial charge on any atom is 0.211 e. The minimum atomic E-state index is -3.04. The molecule has 0 atom stereocenters. The van der Waals surface area contributed by atoms with Crippen molar-refractivity contribution in [2.75, 3.05) is 12.3 Å². The predicted octanol–water partition coefficient (Wildman–Crippen LogP) is 0.477. The third-order valence-electron chi connectivity index (χ3n) is 2.79. The van der Waals surface area contributed by atoms with Crippen LogP contribution in [0.4, 0.5) is 0 Å². The summed E-state index contributed by atoms with van der Waals surface area (Å²) in [4.78, 5) is 0. The summed E-state index contributed by atoms with van der Waals surface area (Å²) in [6, 6.07) is 0. The van der Waals surface area contributed by atoms with Crippen LogP contribution in [0.1, 0.15) is 32.6 Å². The predicted molar refractivity (Wildman–Crippen MR) is 55.4 cm³/mol. The van der Waals surface area contributed by atoms with Crippen molar-refractivity contribution < 1.29 is 13.5 Å². The van der Waals surface area contributed by atoms with Gasteiger partial charge in [-0.1, -0.05) is 0 Å². The van der Waals surface area contributed by atoms with Gasteiger partial charge in [0.05, 0.1) is 11.9 Å². The highest BCUT2D eigenvalue weighted by molar-refractivity contribution is 7.89. The van der Waals surface area contributed by atoms with Gasteiger partial charge in [-0.25, -0.2) is 13.1 Å². The number of hydrogen-bond donors (Lipinski definition) is 2. The highest BCUT2D eigenvalue weighted by Crippen LogP contribution is 2.23. The number of aliphatic hydroxyl groups excluding tert-OH is 1. The van der Waals surface area contributed by atoms with Gasteiger partial charge in [-0.05, 0) is 38.5 Å². The molecule has 2 N–H and O–H groups in total. The summed E-state index contributed by atoms with van der Waals surface area (Å²) in [5.41, 5.74) is 0. The van der Waals surface area contributed by atoms with E-state index in [0.29, 0.717) is 12.5 Å². The molecule has 0 amide bonds. The molecule has 0 aromatic rings. The number of sulfonamides is 1. The molecule has 14 heavy (non-hydrogen) atoms. The Morgan fingerprint density at radius 1 is 1.29 bits per heavy atom. The van der Waals surface area contributed by atoms with E-state index in [0.717, 1.165) is 25.7 Å². The van der Waals surface area contributed by atoms with Gasteiger partial charge in [-0.2, -0.15) is 0 Å². The number of rotatable bonds is 4. The standard InChI is InChI=1S/C9H19NO3S/c1-2-14(12,13)10-7-8-3-5-9(11)6-4-8/h8-11H,2-7H2,1H3. The van der Waals surface area contributed by atoms with Gasteiger partial charge < -0.3 is 5.11 Å². The highest BCUT2D eigenvalue weighted by Gasteiger charge is 2.20. The fourth-order valence-electron chi connectivity index (χ4n) is 1.70. The van der Waals surface area contributed by atoms with Gasteiger partial charge >= 0.3 is 0 Å². The van der Waals surface area contributed by atoms with Crippen molar-refractivity contribution in [2.24, 2.45) is 5.92 Å². The quantitative estimate of drug-likeness (QED) is 0.725. The minimum Gasteiger partial charge on any atom is -0.393 e. The molecule has 0 aliphatic heterocycles. The van der Waals surface area contributed by atoms with Gasteiger partial charge in [0.15, 0.2) is 0 Å². The molecule has 84 valence electrons. The summed E-state index contributed by atoms with van der Waals surface area (Å²) in [6.07, 6.45) is 3.28. The third kappa shape index (κ3) is 3.94. The van der Waals surface area contributed by atoms with E-state index in [9.17, 15) is 13.5 Å². The molecular weight excluding hydrogens is 202 g/mol. The van der Waals surface area contributed by atoms with Crippen molar-refractivity contribution >= 4 is 10.0 Å². The maximum absolute atomic E-state index is 11.1. The van der Waals surface area contributed by atoms with Crippen molar-refractivity contribution in [1.82, 2.24) is 4.72 Å². The van der Waals surface area contributed by atoms with Crippen LogP contribution in [0.2, 0.25) is 0 Å². The van der Waals surface area contributed by atoms with E-state index in [1.807, 2.05) is 0 Å². The Bertz CT molecular complexity index is 255. The Kier molecular flexibility index (Phi) is 4.34. The molecule has 0 radical (unpaired) electrons. The Balaban J connectivity index is 2.26. The average molecular weight is 221 g/mol. The zero-order valence-corrected chi connectivity index (χ0v) is 9.39. The van der Waals surface area contributed by atoms with Gasteiger partial charge in [0, 0.05) is 6.54 Å². The summed E-state index contributed by atoms with van der Waals surface area (Å²) in [7, 11) is -3.04. The second kappa shape index (κ2) is 5.09. The Morgan fingerprint density at radius 3 is 2.36 bits per heavy atom. The Hall–Kier alpha value is -0.130. The number of hydrogen-bond acceptors (Lipinski definition) is 3. The first-order chi connectivity index (χ1) is 6.53. The summed E-state index contributed by atoms with van der Waals surface area (Å²) in [5, 5.41) is 9.26. The first-order valence-corrected chi connectivity index (χ1v) is 6.84. The fourth-order valence-corrected chi connectivity index (χ4v) is 2.39. The molecule has 0 spiro atoms. The molecule has 1 aliphatic carbocycles. The van der Waals surface area contributed by atoms with Gasteiger partial charge in [-0.3, -0.25) is 0 Å². The molecule has 0 saturated heterocycles. The summed E-state index contributed by atoms with van der Waals surface area (Å²) >= 11 is 0. The van der Waals surface area contributed by atoms with Crippen LogP contribution in [-0.2, 0) is 10.0 Å². The van der Waals surface area contributed by atoms with Crippen molar-refractivity contribution in [2.45, 2.75) is 38.7 Å². The largest absolute Gasteiger partial charge is 0.393 e. The second-order valence-corrected chi connectivity index (χ2v) is 6.02. The van der Waals surface area contributed by atoms with Crippen LogP contribution in [0.15, 0.2) is 0 Å². The first kappa shape index (κ1) is 11.9. The van der Waals surface area contributed by atoms with Crippen LogP contribution in [0.5, 0.6) is 0 Å². The van der Waals surface area contributed by atoms with Crippen molar-refractivity contribution in [3.05, 3.63) is 0 Å². The zero-order chi connectivity index (χ0) is 10.6. The molecule has 1 fully saturated rings. The lowest BCUT2D eigenvalue weighted by Crippen LogP contribution is -2.32. The summed E-state index contributed by atoms with van der Waals surface area (Å²) in [6.45, 7) is 2.16. The highest BCUT2D eigenvalue weighted by atomic mass is 32.2. The fraction of sp³-hybridized carbons (Fsp3) is 1.00. The van der Waals surface area contributed by atoms with Crippen LogP contribution >= 0.6 is 0 Å². The average Bonchev–Trinajstić information content (AvgIpc) is 2.17. The van der Waals surface area contributed by atoms with Gasteiger partial charge in [-0.15, -0.1) is 0 Å². The van der Waals surface area contributed by atoms with Crippen LogP contribution < -0.4 is 4.72 Å². The Morgan fingerprint density at radius 2 is 1.86 bits per heavy atom. The van der Waals surface area contributed by atoms with E-state index in [4.69, 9.17) is 0 Å². The molecule has 1 rings (SSSR count). The van der Waals surface area contributed by atoms with E-state index in [1.165, 1.54) is 0 Å². The SMILES string of the molecule is CCS(=O)(=O)NCC1CCC(O)CC1. The maximum atomic E-state index is 11.1. The van der Waals surface area contributed by atoms with E-state index in [1.54, 1.807) is 6.92 Å². The van der Waals surface area contributed by atoms with E-state index in [2.05, 4.69) is 4.72 Å². The van der Waals surface area contributed by atoms with Gasteiger partial charge in [0.25, 0.3) is 0 Å². The topological polar surface area (TPSA) is 66.4 Å². The minimum absolute atomic E-state index is 0.141. The molecule has 0 aromatic carbocycles. The van der Waals surface area contributed by atoms with Gasteiger partial charge in [0.2, 0.25) is 10.0 Å². The van der Waals surface area contributed by atoms with Crippen molar-refractivity contribution in [1.29, 1.82) is 0 Å². The van der Waals surface area contributed by atoms with Crippen molar-refractivity contribution in [3.63, 3.8) is 0 Å². The number of aliphatic hydroxyl groups is 1.